The topological polar surface area (TPSA) is 101 Å². The Morgan fingerprint density at radius 2 is 2.00 bits per heavy atom. The van der Waals surface area contributed by atoms with E-state index >= 15 is 0 Å². The summed E-state index contributed by atoms with van der Waals surface area (Å²) in [5.41, 5.74) is 0.726. The van der Waals surface area contributed by atoms with Crippen LogP contribution in [0.5, 0.6) is 5.75 Å². The first-order valence-electron chi connectivity index (χ1n) is 7.75. The summed E-state index contributed by atoms with van der Waals surface area (Å²) in [5, 5.41) is 11.2. The van der Waals surface area contributed by atoms with E-state index in [1.165, 1.54) is 14.0 Å². The number of methoxy groups -OCH3 is 1. The van der Waals surface area contributed by atoms with Crippen LogP contribution < -0.4 is 9.84 Å². The van der Waals surface area contributed by atoms with Crippen molar-refractivity contribution in [1.82, 2.24) is 4.98 Å². The lowest BCUT2D eigenvalue weighted by molar-refractivity contribution is -0.248. The molecular formula is C17H22BN2O5-. The van der Waals surface area contributed by atoms with E-state index in [-0.39, 0.29) is 12.2 Å². The van der Waals surface area contributed by atoms with E-state index in [4.69, 9.17) is 12.6 Å². The molecule has 0 saturated heterocycles. The van der Waals surface area contributed by atoms with Gasteiger partial charge < -0.3 is 19.4 Å². The van der Waals surface area contributed by atoms with Gasteiger partial charge in [0.15, 0.2) is 7.85 Å². The van der Waals surface area contributed by atoms with E-state index in [0.717, 1.165) is 0 Å². The molecule has 0 saturated carbocycles. The molecule has 1 aromatic rings. The smallest absolute Gasteiger partial charge is 0.336 e. The lowest BCUT2D eigenvalue weighted by Crippen LogP contribution is -2.29. The van der Waals surface area contributed by atoms with Crippen LogP contribution in [-0.4, -0.2) is 43.7 Å². The van der Waals surface area contributed by atoms with Gasteiger partial charge in [0.1, 0.15) is 17.9 Å². The molecule has 1 rings (SSSR count). The number of aliphatic imine (C=N–C) groups is 1. The van der Waals surface area contributed by atoms with Gasteiger partial charge in [-0.15, -0.1) is 0 Å². The number of hydrogen-bond donors (Lipinski definition) is 0. The molecule has 8 heteroatoms. The predicted octanol–water partition coefficient (Wildman–Crippen LogP) is 0.718. The van der Waals surface area contributed by atoms with Gasteiger partial charge in [-0.25, -0.2) is 4.79 Å². The molecule has 0 fully saturated rings. The molecule has 0 spiro atoms. The Morgan fingerprint density at radius 3 is 2.52 bits per heavy atom. The summed E-state index contributed by atoms with van der Waals surface area (Å²) in [7, 11) is 6.50. The second kappa shape index (κ2) is 8.14. The number of aromatic nitrogens is 1. The molecule has 1 heterocycles. The van der Waals surface area contributed by atoms with Crippen LogP contribution in [0.15, 0.2) is 11.1 Å². The summed E-state index contributed by atoms with van der Waals surface area (Å²) in [4.78, 5) is 31.6. The van der Waals surface area contributed by atoms with E-state index in [1.807, 2.05) is 13.8 Å². The number of aryl methyl sites for hydroxylation is 2. The molecule has 2 radical (unpaired) electrons. The molecule has 0 aliphatic carbocycles. The highest BCUT2D eigenvalue weighted by Gasteiger charge is 2.30. The highest BCUT2D eigenvalue weighted by molar-refractivity contribution is 6.57. The molecule has 0 aliphatic heterocycles. The van der Waals surface area contributed by atoms with Gasteiger partial charge in [0.2, 0.25) is 0 Å². The number of pyridine rings is 1. The molecule has 0 N–H and O–H groups in total. The van der Waals surface area contributed by atoms with Crippen molar-refractivity contribution in [3.63, 3.8) is 0 Å². The molecule has 1 unspecified atom stereocenters. The number of hydrogen-bond acceptors (Lipinski definition) is 7. The van der Waals surface area contributed by atoms with Gasteiger partial charge in [0.05, 0.1) is 5.68 Å². The summed E-state index contributed by atoms with van der Waals surface area (Å²) in [5.74, 6) is -0.445. The Hall–Kier alpha value is -2.38. The SMILES string of the molecule is [B]C(=O)CC(C)(C)c1c(OC(=O)C(C)N=C([O-])OC)cc(C)nc1C. The van der Waals surface area contributed by atoms with Gasteiger partial charge in [-0.1, -0.05) is 13.8 Å². The van der Waals surface area contributed by atoms with Crippen molar-refractivity contribution in [2.45, 2.75) is 52.5 Å². The van der Waals surface area contributed by atoms with Gasteiger partial charge in [-0.05, 0) is 27.9 Å². The minimum absolute atomic E-state index is 0.0607. The fraction of sp³-hybridized carbons (Fsp3) is 0.529. The molecule has 0 amide bonds. The van der Waals surface area contributed by atoms with Crippen molar-refractivity contribution in [2.24, 2.45) is 4.99 Å². The van der Waals surface area contributed by atoms with Gasteiger partial charge >= 0.3 is 5.97 Å². The number of esters is 1. The number of rotatable bonds is 6. The number of ether oxygens (including phenoxy) is 2. The average Bonchev–Trinajstić information content (AvgIpc) is 2.44. The molecule has 0 aromatic carbocycles. The Bertz CT molecular complexity index is 701. The number of carbonyl (C=O) groups is 2. The van der Waals surface area contributed by atoms with Crippen molar-refractivity contribution in [3.05, 3.63) is 23.0 Å². The molecule has 0 aliphatic rings. The fourth-order valence-electron chi connectivity index (χ4n) is 2.68. The molecule has 7 nitrogen and oxygen atoms in total. The summed E-state index contributed by atoms with van der Waals surface area (Å²) < 4.78 is 9.86. The lowest BCUT2D eigenvalue weighted by atomic mass is 9.75. The minimum atomic E-state index is -1.03. The summed E-state index contributed by atoms with van der Waals surface area (Å²) in [6.45, 7) is 8.59. The predicted molar refractivity (Wildman–Crippen MR) is 91.7 cm³/mol. The van der Waals surface area contributed by atoms with Crippen LogP contribution in [0, 0.1) is 13.8 Å². The standard InChI is InChI=1S/C17H23BN2O5/c1-9-7-12(25-15(22)11(3)20-16(23)24-6)14(10(2)19-9)17(4,5)8-13(18)21/h7,11H,8H2,1-6H3,(H,20,23)/p-1. The van der Waals surface area contributed by atoms with Crippen LogP contribution in [0.2, 0.25) is 0 Å². The first-order valence-corrected chi connectivity index (χ1v) is 7.75. The van der Waals surface area contributed by atoms with Gasteiger partial charge in [-0.3, -0.25) is 9.98 Å². The molecular weight excluding hydrogens is 323 g/mol. The van der Waals surface area contributed by atoms with Gasteiger partial charge in [-0.2, -0.15) is 0 Å². The zero-order valence-corrected chi connectivity index (χ0v) is 15.4. The minimum Gasteiger partial charge on any atom is -0.604 e. The van der Waals surface area contributed by atoms with Crippen molar-refractivity contribution >= 4 is 25.6 Å². The van der Waals surface area contributed by atoms with E-state index in [9.17, 15) is 14.7 Å². The van der Waals surface area contributed by atoms with Crippen LogP contribution in [0.25, 0.3) is 0 Å². The molecule has 25 heavy (non-hydrogen) atoms. The Labute approximate surface area is 148 Å². The third kappa shape index (κ3) is 5.58. The Kier molecular flexibility index (Phi) is 6.73. The van der Waals surface area contributed by atoms with E-state index in [0.29, 0.717) is 17.0 Å². The molecule has 1 atom stereocenters. The first kappa shape index (κ1) is 20.7. The summed E-state index contributed by atoms with van der Waals surface area (Å²) in [6.07, 6.45) is -0.800. The first-order chi connectivity index (χ1) is 11.5. The van der Waals surface area contributed by atoms with Crippen LogP contribution in [0.3, 0.4) is 0 Å². The number of carbonyl (C=O) groups excluding carboxylic acids is 2. The highest BCUT2D eigenvalue weighted by atomic mass is 16.6. The normalized spacial score (nSPS) is 13.3. The highest BCUT2D eigenvalue weighted by Crippen LogP contribution is 2.37. The van der Waals surface area contributed by atoms with Crippen LogP contribution in [0.1, 0.15) is 44.1 Å². The zero-order valence-electron chi connectivity index (χ0n) is 15.4. The van der Waals surface area contributed by atoms with Crippen molar-refractivity contribution in [1.29, 1.82) is 0 Å². The van der Waals surface area contributed by atoms with E-state index < -0.39 is 29.2 Å². The largest absolute Gasteiger partial charge is 0.604 e. The molecule has 134 valence electrons. The summed E-state index contributed by atoms with van der Waals surface area (Å²) in [6, 6.07) is 0.571. The quantitative estimate of drug-likeness (QED) is 0.326. The maximum absolute atomic E-state index is 12.3. The fourth-order valence-corrected chi connectivity index (χ4v) is 2.68. The third-order valence-electron chi connectivity index (χ3n) is 3.61. The third-order valence-corrected chi connectivity index (χ3v) is 3.61. The van der Waals surface area contributed by atoms with Crippen molar-refractivity contribution < 1.29 is 24.2 Å². The van der Waals surface area contributed by atoms with Crippen LogP contribution in [0.4, 0.5) is 0 Å². The van der Waals surface area contributed by atoms with E-state index in [2.05, 4.69) is 14.7 Å². The zero-order chi connectivity index (χ0) is 19.4. The lowest BCUT2D eigenvalue weighted by Gasteiger charge is -2.28. The maximum atomic E-state index is 12.3. The Balaban J connectivity index is 3.27. The molecule has 1 aromatic heterocycles. The van der Waals surface area contributed by atoms with Crippen LogP contribution in [-0.2, 0) is 19.7 Å². The second-order valence-corrected chi connectivity index (χ2v) is 6.45. The monoisotopic (exact) mass is 345 g/mol. The van der Waals surface area contributed by atoms with E-state index in [1.54, 1.807) is 19.9 Å². The van der Waals surface area contributed by atoms with Crippen LogP contribution >= 0.6 is 0 Å². The molecule has 0 bridgehead atoms. The van der Waals surface area contributed by atoms with Gasteiger partial charge in [0, 0.05) is 34.9 Å². The maximum Gasteiger partial charge on any atom is 0.336 e. The summed E-state index contributed by atoms with van der Waals surface area (Å²) >= 11 is 0. The van der Waals surface area contributed by atoms with Crippen molar-refractivity contribution in [2.75, 3.05) is 7.11 Å². The number of nitrogens with zero attached hydrogens (tertiary/aromatic N) is 2. The van der Waals surface area contributed by atoms with Crippen molar-refractivity contribution in [3.8, 4) is 5.75 Å². The second-order valence-electron chi connectivity index (χ2n) is 6.45. The van der Waals surface area contributed by atoms with Gasteiger partial charge in [0.25, 0.3) is 0 Å². The average molecular weight is 345 g/mol. The Morgan fingerprint density at radius 1 is 1.40 bits per heavy atom.